The first-order valence-electron chi connectivity index (χ1n) is 4.02. The normalized spacial score (nSPS) is 16.8. The van der Waals surface area contributed by atoms with Crippen LogP contribution in [-0.4, -0.2) is 23.9 Å². The van der Waals surface area contributed by atoms with Gasteiger partial charge in [0.05, 0.1) is 12.2 Å². The number of rotatable bonds is 5. The number of aliphatic hydroxyl groups is 1. The molecule has 2 atom stereocenters. The summed E-state index contributed by atoms with van der Waals surface area (Å²) in [7, 11) is 0. The minimum atomic E-state index is -0.337. The van der Waals surface area contributed by atoms with Crippen LogP contribution in [0.15, 0.2) is 0 Å². The van der Waals surface area contributed by atoms with Gasteiger partial charge < -0.3 is 9.84 Å². The van der Waals surface area contributed by atoms with E-state index in [0.717, 1.165) is 19.4 Å². The largest absolute Gasteiger partial charge is 0.391 e. The molecule has 0 fully saturated rings. The molecule has 0 amide bonds. The Bertz CT molecular complexity index is 71.7. The monoisotopic (exact) mass is 146 g/mol. The fourth-order valence-electron chi connectivity index (χ4n) is 0.867. The van der Waals surface area contributed by atoms with Crippen molar-refractivity contribution in [1.29, 1.82) is 0 Å². The maximum Gasteiger partial charge on any atom is 0.0828 e. The lowest BCUT2D eigenvalue weighted by Gasteiger charge is -2.17. The van der Waals surface area contributed by atoms with E-state index in [-0.39, 0.29) is 12.2 Å². The Labute approximate surface area is 63.2 Å². The first kappa shape index (κ1) is 9.92. The van der Waals surface area contributed by atoms with Gasteiger partial charge in [-0.25, -0.2) is 0 Å². The summed E-state index contributed by atoms with van der Waals surface area (Å²) in [5.74, 6) is 0. The van der Waals surface area contributed by atoms with Crippen LogP contribution in [0.2, 0.25) is 0 Å². The molecule has 0 rings (SSSR count). The van der Waals surface area contributed by atoms with Crippen molar-refractivity contribution < 1.29 is 9.84 Å². The van der Waals surface area contributed by atoms with Gasteiger partial charge in [-0.1, -0.05) is 13.8 Å². The average molecular weight is 146 g/mol. The zero-order valence-electron chi connectivity index (χ0n) is 7.13. The summed E-state index contributed by atoms with van der Waals surface area (Å²) < 4.78 is 5.35. The fourth-order valence-corrected chi connectivity index (χ4v) is 0.867. The molecule has 2 nitrogen and oxygen atoms in total. The lowest BCUT2D eigenvalue weighted by Crippen LogP contribution is -2.25. The molecule has 62 valence electrons. The summed E-state index contributed by atoms with van der Waals surface area (Å²) in [6.07, 6.45) is 1.59. The molecule has 0 aromatic rings. The molecule has 10 heavy (non-hydrogen) atoms. The fraction of sp³-hybridized carbons (Fsp3) is 1.00. The highest BCUT2D eigenvalue weighted by atomic mass is 16.5. The molecular weight excluding hydrogens is 128 g/mol. The van der Waals surface area contributed by atoms with Gasteiger partial charge in [-0.05, 0) is 19.8 Å². The molecule has 2 unspecified atom stereocenters. The van der Waals surface area contributed by atoms with E-state index in [1.807, 2.05) is 6.92 Å². The minimum Gasteiger partial charge on any atom is -0.391 e. The Kier molecular flexibility index (Phi) is 5.64. The van der Waals surface area contributed by atoms with Gasteiger partial charge in [0, 0.05) is 6.61 Å². The summed E-state index contributed by atoms with van der Waals surface area (Å²) in [6, 6.07) is 0. The molecule has 0 heterocycles. The van der Waals surface area contributed by atoms with Crippen LogP contribution in [0.4, 0.5) is 0 Å². The summed E-state index contributed by atoms with van der Waals surface area (Å²) >= 11 is 0. The molecule has 0 aliphatic carbocycles. The van der Waals surface area contributed by atoms with Crippen LogP contribution < -0.4 is 0 Å². The highest BCUT2D eigenvalue weighted by molar-refractivity contribution is 4.61. The highest BCUT2D eigenvalue weighted by Crippen LogP contribution is 2.03. The molecule has 0 aromatic carbocycles. The quantitative estimate of drug-likeness (QED) is 0.638. The van der Waals surface area contributed by atoms with E-state index >= 15 is 0 Å². The first-order chi connectivity index (χ1) is 4.72. The molecule has 0 spiro atoms. The standard InChI is InChI=1S/C8H18O2/c1-4-6-10-8(5-2)7(3)9/h7-9H,4-6H2,1-3H3. The summed E-state index contributed by atoms with van der Waals surface area (Å²) in [6.45, 7) is 6.61. The topological polar surface area (TPSA) is 29.5 Å². The van der Waals surface area contributed by atoms with Gasteiger partial charge in [0.1, 0.15) is 0 Å². The SMILES string of the molecule is CCCOC(CC)C(C)O. The first-order valence-corrected chi connectivity index (χ1v) is 4.02. The maximum absolute atomic E-state index is 9.11. The summed E-state index contributed by atoms with van der Waals surface area (Å²) in [5, 5.41) is 9.11. The lowest BCUT2D eigenvalue weighted by atomic mass is 10.2. The number of hydrogen-bond donors (Lipinski definition) is 1. The van der Waals surface area contributed by atoms with Crippen LogP contribution in [0, 0.1) is 0 Å². The molecule has 2 heteroatoms. The van der Waals surface area contributed by atoms with Crippen molar-refractivity contribution in [2.75, 3.05) is 6.61 Å². The Hall–Kier alpha value is -0.0800. The van der Waals surface area contributed by atoms with Crippen LogP contribution >= 0.6 is 0 Å². The van der Waals surface area contributed by atoms with Crippen molar-refractivity contribution in [2.45, 2.75) is 45.8 Å². The van der Waals surface area contributed by atoms with E-state index < -0.39 is 0 Å². The third kappa shape index (κ3) is 3.85. The van der Waals surface area contributed by atoms with Crippen molar-refractivity contribution in [1.82, 2.24) is 0 Å². The molecule has 0 bridgehead atoms. The lowest BCUT2D eigenvalue weighted by molar-refractivity contribution is -0.0305. The van der Waals surface area contributed by atoms with Crippen molar-refractivity contribution in [3.63, 3.8) is 0 Å². The second kappa shape index (κ2) is 5.69. The van der Waals surface area contributed by atoms with E-state index in [4.69, 9.17) is 9.84 Å². The predicted octanol–water partition coefficient (Wildman–Crippen LogP) is 1.57. The van der Waals surface area contributed by atoms with Gasteiger partial charge in [-0.2, -0.15) is 0 Å². The third-order valence-corrected chi connectivity index (χ3v) is 1.48. The van der Waals surface area contributed by atoms with Crippen molar-refractivity contribution >= 4 is 0 Å². The van der Waals surface area contributed by atoms with Crippen LogP contribution in [-0.2, 0) is 4.74 Å². The number of aliphatic hydroxyl groups excluding tert-OH is 1. The molecule has 1 N–H and O–H groups in total. The molecule has 0 saturated heterocycles. The van der Waals surface area contributed by atoms with Gasteiger partial charge in [0.2, 0.25) is 0 Å². The molecule has 0 aliphatic heterocycles. The van der Waals surface area contributed by atoms with Crippen LogP contribution in [0.1, 0.15) is 33.6 Å². The molecule has 0 aromatic heterocycles. The van der Waals surface area contributed by atoms with E-state index in [0.29, 0.717) is 0 Å². The Morgan fingerprint density at radius 1 is 1.40 bits per heavy atom. The van der Waals surface area contributed by atoms with Gasteiger partial charge in [0.25, 0.3) is 0 Å². The summed E-state index contributed by atoms with van der Waals surface area (Å²) in [4.78, 5) is 0. The highest BCUT2D eigenvalue weighted by Gasteiger charge is 2.11. The van der Waals surface area contributed by atoms with E-state index in [9.17, 15) is 0 Å². The predicted molar refractivity (Wildman–Crippen MR) is 42.0 cm³/mol. The van der Waals surface area contributed by atoms with Crippen molar-refractivity contribution in [2.24, 2.45) is 0 Å². The zero-order chi connectivity index (χ0) is 7.98. The Balaban J connectivity index is 3.40. The van der Waals surface area contributed by atoms with E-state index in [2.05, 4.69) is 6.92 Å². The number of ether oxygens (including phenoxy) is 1. The summed E-state index contributed by atoms with van der Waals surface area (Å²) in [5.41, 5.74) is 0. The Morgan fingerprint density at radius 3 is 2.30 bits per heavy atom. The second-order valence-corrected chi connectivity index (χ2v) is 2.56. The van der Waals surface area contributed by atoms with Crippen LogP contribution in [0.5, 0.6) is 0 Å². The van der Waals surface area contributed by atoms with Gasteiger partial charge in [-0.15, -0.1) is 0 Å². The number of hydrogen-bond acceptors (Lipinski definition) is 2. The van der Waals surface area contributed by atoms with Gasteiger partial charge in [-0.3, -0.25) is 0 Å². The smallest absolute Gasteiger partial charge is 0.0828 e. The average Bonchev–Trinajstić information content (AvgIpc) is 1.89. The molecule has 0 saturated carbocycles. The molecule has 0 radical (unpaired) electrons. The maximum atomic E-state index is 9.11. The van der Waals surface area contributed by atoms with Gasteiger partial charge in [0.15, 0.2) is 0 Å². The molecular formula is C8H18O2. The van der Waals surface area contributed by atoms with E-state index in [1.54, 1.807) is 6.92 Å². The van der Waals surface area contributed by atoms with Crippen LogP contribution in [0.3, 0.4) is 0 Å². The van der Waals surface area contributed by atoms with Gasteiger partial charge >= 0.3 is 0 Å². The zero-order valence-corrected chi connectivity index (χ0v) is 7.13. The van der Waals surface area contributed by atoms with Crippen molar-refractivity contribution in [3.8, 4) is 0 Å². The van der Waals surface area contributed by atoms with Crippen LogP contribution in [0.25, 0.3) is 0 Å². The van der Waals surface area contributed by atoms with Crippen molar-refractivity contribution in [3.05, 3.63) is 0 Å². The second-order valence-electron chi connectivity index (χ2n) is 2.56. The minimum absolute atomic E-state index is 0.0277. The Morgan fingerprint density at radius 2 is 2.00 bits per heavy atom. The van der Waals surface area contributed by atoms with E-state index in [1.165, 1.54) is 0 Å². The third-order valence-electron chi connectivity index (χ3n) is 1.48. The molecule has 0 aliphatic rings.